The van der Waals surface area contributed by atoms with Gasteiger partial charge in [0.2, 0.25) is 5.91 Å². The molecule has 4 nitrogen and oxygen atoms in total. The molecule has 1 aliphatic heterocycles. The number of hydrogen-bond acceptors (Lipinski definition) is 3. The van der Waals surface area contributed by atoms with Crippen LogP contribution >= 0.6 is 0 Å². The van der Waals surface area contributed by atoms with Gasteiger partial charge >= 0.3 is 0 Å². The van der Waals surface area contributed by atoms with E-state index in [4.69, 9.17) is 4.74 Å². The lowest BCUT2D eigenvalue weighted by Gasteiger charge is -2.13. The van der Waals surface area contributed by atoms with Crippen molar-refractivity contribution in [1.82, 2.24) is 0 Å². The van der Waals surface area contributed by atoms with Crippen LogP contribution in [0.5, 0.6) is 0 Å². The van der Waals surface area contributed by atoms with E-state index in [-0.39, 0.29) is 11.8 Å². The van der Waals surface area contributed by atoms with Gasteiger partial charge in [-0.05, 0) is 37.1 Å². The van der Waals surface area contributed by atoms with Crippen molar-refractivity contribution in [3.05, 3.63) is 24.3 Å². The summed E-state index contributed by atoms with van der Waals surface area (Å²) >= 11 is 0. The maximum absolute atomic E-state index is 11.6. The highest BCUT2D eigenvalue weighted by Crippen LogP contribution is 2.16. The predicted molar refractivity (Wildman–Crippen MR) is 77.4 cm³/mol. The molecule has 2 N–H and O–H groups in total. The van der Waals surface area contributed by atoms with Crippen LogP contribution in [-0.4, -0.2) is 25.2 Å². The number of amides is 1. The Morgan fingerprint density at radius 3 is 2.58 bits per heavy atom. The summed E-state index contributed by atoms with van der Waals surface area (Å²) in [6.45, 7) is 5.49. The fourth-order valence-corrected chi connectivity index (χ4v) is 2.00. The summed E-state index contributed by atoms with van der Waals surface area (Å²) < 4.78 is 5.56. The largest absolute Gasteiger partial charge is 0.382 e. The SMILES string of the molecule is CC(C)C(=O)Nc1ccc(NCC2CCCO2)cc1. The molecule has 1 atom stereocenters. The quantitative estimate of drug-likeness (QED) is 0.858. The zero-order valence-electron chi connectivity index (χ0n) is 11.6. The third kappa shape index (κ3) is 4.24. The topological polar surface area (TPSA) is 50.4 Å². The van der Waals surface area contributed by atoms with E-state index < -0.39 is 0 Å². The van der Waals surface area contributed by atoms with Crippen LogP contribution in [-0.2, 0) is 9.53 Å². The summed E-state index contributed by atoms with van der Waals surface area (Å²) in [5.74, 6) is 0.0392. The van der Waals surface area contributed by atoms with E-state index in [0.29, 0.717) is 6.10 Å². The summed E-state index contributed by atoms with van der Waals surface area (Å²) in [5.41, 5.74) is 1.89. The molecule has 1 heterocycles. The van der Waals surface area contributed by atoms with Gasteiger partial charge in [-0.2, -0.15) is 0 Å². The van der Waals surface area contributed by atoms with Crippen LogP contribution in [0.25, 0.3) is 0 Å². The van der Waals surface area contributed by atoms with Crippen molar-refractivity contribution in [2.75, 3.05) is 23.8 Å². The number of ether oxygens (including phenoxy) is 1. The first kappa shape index (κ1) is 13.9. The second kappa shape index (κ2) is 6.57. The van der Waals surface area contributed by atoms with Crippen LogP contribution in [0.3, 0.4) is 0 Å². The van der Waals surface area contributed by atoms with Gasteiger partial charge in [-0.3, -0.25) is 4.79 Å². The smallest absolute Gasteiger partial charge is 0.226 e. The minimum atomic E-state index is -0.00248. The van der Waals surface area contributed by atoms with Crippen molar-refractivity contribution in [2.45, 2.75) is 32.8 Å². The lowest BCUT2D eigenvalue weighted by atomic mass is 10.2. The molecular weight excluding hydrogens is 240 g/mol. The van der Waals surface area contributed by atoms with Crippen LogP contribution < -0.4 is 10.6 Å². The Kier molecular flexibility index (Phi) is 4.80. The Labute approximate surface area is 114 Å². The Morgan fingerprint density at radius 1 is 1.32 bits per heavy atom. The van der Waals surface area contributed by atoms with Gasteiger partial charge in [-0.15, -0.1) is 0 Å². The summed E-state index contributed by atoms with van der Waals surface area (Å²) in [4.78, 5) is 11.6. The molecular formula is C15H22N2O2. The summed E-state index contributed by atoms with van der Waals surface area (Å²) in [5, 5.41) is 6.23. The Balaban J connectivity index is 1.82. The number of nitrogens with one attached hydrogen (secondary N) is 2. The number of carbonyl (C=O) groups excluding carboxylic acids is 1. The monoisotopic (exact) mass is 262 g/mol. The van der Waals surface area contributed by atoms with Gasteiger partial charge in [0, 0.05) is 30.4 Å². The van der Waals surface area contributed by atoms with Gasteiger partial charge in [-0.25, -0.2) is 0 Å². The molecule has 1 amide bonds. The molecule has 1 aromatic rings. The zero-order chi connectivity index (χ0) is 13.7. The zero-order valence-corrected chi connectivity index (χ0v) is 11.6. The first-order chi connectivity index (χ1) is 9.15. The van der Waals surface area contributed by atoms with E-state index in [0.717, 1.165) is 37.4 Å². The van der Waals surface area contributed by atoms with Crippen molar-refractivity contribution in [3.8, 4) is 0 Å². The van der Waals surface area contributed by atoms with Crippen molar-refractivity contribution in [2.24, 2.45) is 5.92 Å². The van der Waals surface area contributed by atoms with Gasteiger partial charge < -0.3 is 15.4 Å². The molecule has 0 aromatic heterocycles. The third-order valence-electron chi connectivity index (χ3n) is 3.23. The number of benzene rings is 1. The molecule has 19 heavy (non-hydrogen) atoms. The molecule has 1 saturated heterocycles. The number of hydrogen-bond donors (Lipinski definition) is 2. The average Bonchev–Trinajstić information content (AvgIpc) is 2.91. The molecule has 1 unspecified atom stereocenters. The molecule has 0 aliphatic carbocycles. The lowest BCUT2D eigenvalue weighted by Crippen LogP contribution is -2.19. The lowest BCUT2D eigenvalue weighted by molar-refractivity contribution is -0.118. The van der Waals surface area contributed by atoms with E-state index >= 15 is 0 Å². The molecule has 0 spiro atoms. The average molecular weight is 262 g/mol. The molecule has 0 saturated carbocycles. The van der Waals surface area contributed by atoms with E-state index in [1.54, 1.807) is 0 Å². The number of anilines is 2. The first-order valence-electron chi connectivity index (χ1n) is 6.91. The van der Waals surface area contributed by atoms with Crippen molar-refractivity contribution in [3.63, 3.8) is 0 Å². The first-order valence-corrected chi connectivity index (χ1v) is 6.91. The van der Waals surface area contributed by atoms with Crippen molar-refractivity contribution < 1.29 is 9.53 Å². The second-order valence-electron chi connectivity index (χ2n) is 5.24. The minimum absolute atomic E-state index is 0.00248. The van der Waals surface area contributed by atoms with Crippen molar-refractivity contribution >= 4 is 17.3 Å². The third-order valence-corrected chi connectivity index (χ3v) is 3.23. The highest BCUT2D eigenvalue weighted by atomic mass is 16.5. The van der Waals surface area contributed by atoms with Crippen molar-refractivity contribution in [1.29, 1.82) is 0 Å². The number of carbonyl (C=O) groups is 1. The van der Waals surface area contributed by atoms with Gasteiger partial charge in [0.05, 0.1) is 6.10 Å². The van der Waals surface area contributed by atoms with E-state index in [1.807, 2.05) is 38.1 Å². The van der Waals surface area contributed by atoms with Gasteiger partial charge in [0.1, 0.15) is 0 Å². The van der Waals surface area contributed by atoms with Gasteiger partial charge in [-0.1, -0.05) is 13.8 Å². The van der Waals surface area contributed by atoms with Crippen LogP contribution in [0, 0.1) is 5.92 Å². The predicted octanol–water partition coefficient (Wildman–Crippen LogP) is 2.87. The van der Waals surface area contributed by atoms with E-state index in [2.05, 4.69) is 10.6 Å². The molecule has 2 rings (SSSR count). The Morgan fingerprint density at radius 2 is 2.00 bits per heavy atom. The summed E-state index contributed by atoms with van der Waals surface area (Å²) in [6.07, 6.45) is 2.63. The fraction of sp³-hybridized carbons (Fsp3) is 0.533. The van der Waals surface area contributed by atoms with E-state index in [9.17, 15) is 4.79 Å². The minimum Gasteiger partial charge on any atom is -0.382 e. The van der Waals surface area contributed by atoms with Crippen LogP contribution in [0.15, 0.2) is 24.3 Å². The maximum atomic E-state index is 11.6. The second-order valence-corrected chi connectivity index (χ2v) is 5.24. The summed E-state index contributed by atoms with van der Waals surface area (Å²) in [7, 11) is 0. The Bertz CT molecular complexity index is 409. The molecule has 4 heteroatoms. The van der Waals surface area contributed by atoms with Gasteiger partial charge in [0.15, 0.2) is 0 Å². The van der Waals surface area contributed by atoms with Crippen LogP contribution in [0.2, 0.25) is 0 Å². The van der Waals surface area contributed by atoms with Crippen LogP contribution in [0.4, 0.5) is 11.4 Å². The van der Waals surface area contributed by atoms with E-state index in [1.165, 1.54) is 0 Å². The summed E-state index contributed by atoms with van der Waals surface area (Å²) in [6, 6.07) is 7.78. The maximum Gasteiger partial charge on any atom is 0.226 e. The van der Waals surface area contributed by atoms with Gasteiger partial charge in [0.25, 0.3) is 0 Å². The fourth-order valence-electron chi connectivity index (χ4n) is 2.00. The molecule has 0 radical (unpaired) electrons. The molecule has 1 aromatic carbocycles. The molecule has 1 fully saturated rings. The number of rotatable bonds is 5. The molecule has 1 aliphatic rings. The van der Waals surface area contributed by atoms with Crippen LogP contribution in [0.1, 0.15) is 26.7 Å². The Hall–Kier alpha value is -1.55. The highest BCUT2D eigenvalue weighted by molar-refractivity contribution is 5.92. The highest BCUT2D eigenvalue weighted by Gasteiger charge is 2.14. The normalized spacial score (nSPS) is 18.6. The molecule has 104 valence electrons. The standard InChI is InChI=1S/C15H22N2O2/c1-11(2)15(18)17-13-7-5-12(6-8-13)16-10-14-4-3-9-19-14/h5-8,11,14,16H,3-4,9-10H2,1-2H3,(H,17,18). The molecule has 0 bridgehead atoms.